The number of carbonyl (C=O) groups is 2. The predicted molar refractivity (Wildman–Crippen MR) is 99.5 cm³/mol. The molecule has 2 aromatic heterocycles. The number of imide groups is 1. The molecule has 7 heteroatoms. The van der Waals surface area contributed by atoms with Gasteiger partial charge in [-0.3, -0.25) is 20.0 Å². The Labute approximate surface area is 157 Å². The van der Waals surface area contributed by atoms with Crippen molar-refractivity contribution in [2.45, 2.75) is 18.4 Å². The van der Waals surface area contributed by atoms with Crippen molar-refractivity contribution in [3.05, 3.63) is 60.3 Å². The summed E-state index contributed by atoms with van der Waals surface area (Å²) in [6, 6.07) is 8.79. The van der Waals surface area contributed by atoms with Gasteiger partial charge < -0.3 is 9.73 Å². The van der Waals surface area contributed by atoms with Crippen molar-refractivity contribution in [2.24, 2.45) is 5.92 Å². The van der Waals surface area contributed by atoms with Gasteiger partial charge in [0.1, 0.15) is 5.76 Å². The lowest BCUT2D eigenvalue weighted by molar-refractivity contribution is -0.127. The van der Waals surface area contributed by atoms with Crippen LogP contribution >= 0.6 is 0 Å². The van der Waals surface area contributed by atoms with E-state index in [2.05, 4.69) is 26.6 Å². The van der Waals surface area contributed by atoms with E-state index < -0.39 is 11.6 Å². The van der Waals surface area contributed by atoms with Crippen molar-refractivity contribution in [1.29, 1.82) is 0 Å². The number of rotatable bonds is 5. The van der Waals surface area contributed by atoms with E-state index >= 15 is 0 Å². The van der Waals surface area contributed by atoms with E-state index in [1.807, 2.05) is 30.3 Å². The fourth-order valence-corrected chi connectivity index (χ4v) is 3.99. The number of urea groups is 1. The quantitative estimate of drug-likeness (QED) is 0.792. The lowest BCUT2D eigenvalue weighted by atomic mass is 9.75. The van der Waals surface area contributed by atoms with E-state index in [1.54, 1.807) is 18.5 Å². The Morgan fingerprint density at radius 3 is 2.70 bits per heavy atom. The number of carbonyl (C=O) groups excluding carboxylic acids is 2. The molecular weight excluding hydrogens is 344 g/mol. The van der Waals surface area contributed by atoms with Crippen molar-refractivity contribution in [3.8, 4) is 0 Å². The summed E-state index contributed by atoms with van der Waals surface area (Å²) in [5, 5.41) is 5.27. The first kappa shape index (κ1) is 17.5. The van der Waals surface area contributed by atoms with Crippen LogP contribution in [0.1, 0.15) is 24.3 Å². The third-order valence-corrected chi connectivity index (χ3v) is 5.35. The average Bonchev–Trinajstić information content (AvgIpc) is 3.31. The van der Waals surface area contributed by atoms with Crippen LogP contribution in [-0.4, -0.2) is 41.5 Å². The van der Waals surface area contributed by atoms with Crippen molar-refractivity contribution >= 4 is 18.0 Å². The summed E-state index contributed by atoms with van der Waals surface area (Å²) in [5.74, 6) is 0.538. The minimum absolute atomic E-state index is 0.00385. The molecule has 1 atom stereocenters. The molecule has 4 rings (SSSR count). The molecular formula is C20H22N4O3. The highest BCUT2D eigenvalue weighted by atomic mass is 16.3. The molecule has 2 aromatic rings. The predicted octanol–water partition coefficient (Wildman–Crippen LogP) is 2.13. The number of hydrogen-bond acceptors (Lipinski definition) is 5. The number of nitrogens with zero attached hydrogens (tertiary/aromatic N) is 2. The summed E-state index contributed by atoms with van der Waals surface area (Å²) >= 11 is 0. The standard InChI is InChI=1S/C20H22N4O3/c25-18-20(23-19(26)22-18,17-7-1-2-10-21-17)15-8-12-24(13-9-15)11-3-5-16-6-4-14-27-16/h1-7,10,14-15H,8-9,11-13H2,(H2,22,23,25,26). The van der Waals surface area contributed by atoms with Gasteiger partial charge >= 0.3 is 6.03 Å². The normalized spacial score (nSPS) is 24.3. The average molecular weight is 366 g/mol. The maximum atomic E-state index is 12.7. The minimum Gasteiger partial charge on any atom is -0.465 e. The zero-order chi connectivity index (χ0) is 18.7. The first-order valence-corrected chi connectivity index (χ1v) is 9.16. The molecule has 0 spiro atoms. The van der Waals surface area contributed by atoms with Gasteiger partial charge in [-0.05, 0) is 62.2 Å². The van der Waals surface area contributed by atoms with E-state index in [9.17, 15) is 9.59 Å². The molecule has 2 aliphatic rings. The van der Waals surface area contributed by atoms with Crippen LogP contribution in [0.15, 0.2) is 53.3 Å². The van der Waals surface area contributed by atoms with Gasteiger partial charge in [-0.25, -0.2) is 4.79 Å². The minimum atomic E-state index is -1.07. The Morgan fingerprint density at radius 1 is 1.22 bits per heavy atom. The van der Waals surface area contributed by atoms with Crippen LogP contribution in [0.25, 0.3) is 6.08 Å². The molecule has 140 valence electrons. The summed E-state index contributed by atoms with van der Waals surface area (Å²) in [4.78, 5) is 31.3. The van der Waals surface area contributed by atoms with Gasteiger partial charge in [0.25, 0.3) is 5.91 Å². The van der Waals surface area contributed by atoms with Crippen LogP contribution in [-0.2, 0) is 10.3 Å². The third-order valence-electron chi connectivity index (χ3n) is 5.35. The molecule has 0 aliphatic carbocycles. The summed E-state index contributed by atoms with van der Waals surface area (Å²) in [6.45, 7) is 2.53. The first-order chi connectivity index (χ1) is 13.2. The number of piperidine rings is 1. The SMILES string of the molecule is O=C1NC(=O)C(c2ccccn2)(C2CCN(CC=Cc3ccco3)CC2)N1. The summed E-state index contributed by atoms with van der Waals surface area (Å²) in [7, 11) is 0. The molecule has 0 bridgehead atoms. The number of nitrogens with one attached hydrogen (secondary N) is 2. The van der Waals surface area contributed by atoms with Gasteiger partial charge in [0.15, 0.2) is 5.54 Å². The van der Waals surface area contributed by atoms with Crippen molar-refractivity contribution < 1.29 is 14.0 Å². The van der Waals surface area contributed by atoms with Gasteiger partial charge in [0, 0.05) is 12.7 Å². The zero-order valence-electron chi connectivity index (χ0n) is 14.9. The lowest BCUT2D eigenvalue weighted by Gasteiger charge is -2.40. The number of pyridine rings is 1. The number of furan rings is 1. The number of amides is 3. The Bertz CT molecular complexity index is 826. The van der Waals surface area contributed by atoms with Gasteiger partial charge in [0.2, 0.25) is 0 Å². The van der Waals surface area contributed by atoms with E-state index in [1.165, 1.54) is 0 Å². The largest absolute Gasteiger partial charge is 0.465 e. The number of aromatic nitrogens is 1. The van der Waals surface area contributed by atoms with Crippen LogP contribution in [0.2, 0.25) is 0 Å². The molecule has 0 radical (unpaired) electrons. The van der Waals surface area contributed by atoms with E-state index in [4.69, 9.17) is 4.42 Å². The second-order valence-electron chi connectivity index (χ2n) is 6.92. The van der Waals surface area contributed by atoms with E-state index in [-0.39, 0.29) is 11.8 Å². The molecule has 1 unspecified atom stereocenters. The Hall–Kier alpha value is -2.93. The fourth-order valence-electron chi connectivity index (χ4n) is 3.99. The highest BCUT2D eigenvalue weighted by Gasteiger charge is 2.54. The van der Waals surface area contributed by atoms with Crippen molar-refractivity contribution in [2.75, 3.05) is 19.6 Å². The fraction of sp³-hybridized carbons (Fsp3) is 0.350. The molecule has 7 nitrogen and oxygen atoms in total. The molecule has 0 saturated carbocycles. The van der Waals surface area contributed by atoms with Crippen LogP contribution in [0.5, 0.6) is 0 Å². The van der Waals surface area contributed by atoms with Gasteiger partial charge in [-0.1, -0.05) is 12.1 Å². The molecule has 0 aromatic carbocycles. The lowest BCUT2D eigenvalue weighted by Crippen LogP contribution is -2.54. The Morgan fingerprint density at radius 2 is 2.07 bits per heavy atom. The molecule has 3 amide bonds. The zero-order valence-corrected chi connectivity index (χ0v) is 14.9. The highest BCUT2D eigenvalue weighted by molar-refractivity contribution is 6.07. The van der Waals surface area contributed by atoms with E-state index in [0.29, 0.717) is 5.69 Å². The molecule has 27 heavy (non-hydrogen) atoms. The highest BCUT2D eigenvalue weighted by Crippen LogP contribution is 2.38. The Balaban J connectivity index is 1.45. The van der Waals surface area contributed by atoms with Crippen molar-refractivity contribution in [1.82, 2.24) is 20.5 Å². The maximum absolute atomic E-state index is 12.7. The first-order valence-electron chi connectivity index (χ1n) is 9.16. The topological polar surface area (TPSA) is 87.5 Å². The number of likely N-dealkylation sites (tertiary alicyclic amines) is 1. The van der Waals surface area contributed by atoms with Crippen LogP contribution in [0.4, 0.5) is 4.79 Å². The monoisotopic (exact) mass is 366 g/mol. The molecule has 2 fully saturated rings. The van der Waals surface area contributed by atoms with Crippen molar-refractivity contribution in [3.63, 3.8) is 0 Å². The molecule has 2 N–H and O–H groups in total. The number of hydrogen-bond donors (Lipinski definition) is 2. The Kier molecular flexibility index (Phi) is 4.77. The smallest absolute Gasteiger partial charge is 0.322 e. The van der Waals surface area contributed by atoms with Crippen LogP contribution < -0.4 is 10.6 Å². The molecule has 4 heterocycles. The summed E-state index contributed by atoms with van der Waals surface area (Å²) in [5.41, 5.74) is -0.474. The van der Waals surface area contributed by atoms with Gasteiger partial charge in [0.05, 0.1) is 12.0 Å². The maximum Gasteiger partial charge on any atom is 0.322 e. The van der Waals surface area contributed by atoms with Gasteiger partial charge in [-0.2, -0.15) is 0 Å². The van der Waals surface area contributed by atoms with Crippen LogP contribution in [0, 0.1) is 5.92 Å². The second-order valence-corrected chi connectivity index (χ2v) is 6.92. The molecule has 2 aliphatic heterocycles. The summed E-state index contributed by atoms with van der Waals surface area (Å²) in [6.07, 6.45) is 8.97. The van der Waals surface area contributed by atoms with Crippen LogP contribution in [0.3, 0.4) is 0 Å². The second kappa shape index (κ2) is 7.36. The van der Waals surface area contributed by atoms with E-state index in [0.717, 1.165) is 38.2 Å². The van der Waals surface area contributed by atoms with Gasteiger partial charge in [-0.15, -0.1) is 0 Å². The third kappa shape index (κ3) is 3.38. The summed E-state index contributed by atoms with van der Waals surface area (Å²) < 4.78 is 5.29. The molecule has 2 saturated heterocycles.